The molecule has 0 heterocycles. The molecule has 110 valence electrons. The van der Waals surface area contributed by atoms with Gasteiger partial charge in [0.1, 0.15) is 11.5 Å². The van der Waals surface area contributed by atoms with Crippen LogP contribution in [0.1, 0.15) is 0 Å². The minimum Gasteiger partial charge on any atom is -0.457 e. The van der Waals surface area contributed by atoms with Crippen LogP contribution in [0.3, 0.4) is 0 Å². The molecule has 0 aliphatic carbocycles. The molecule has 0 saturated carbocycles. The van der Waals surface area contributed by atoms with Crippen LogP contribution in [0.5, 0.6) is 11.5 Å². The van der Waals surface area contributed by atoms with Gasteiger partial charge in [-0.2, -0.15) is 0 Å². The highest BCUT2D eigenvalue weighted by Crippen LogP contribution is 2.22. The van der Waals surface area contributed by atoms with Crippen molar-refractivity contribution in [2.24, 2.45) is 0 Å². The normalized spacial score (nSPS) is 9.95. The Morgan fingerprint density at radius 2 is 1.67 bits per heavy atom. The first-order valence-electron chi connectivity index (χ1n) is 6.64. The maximum absolute atomic E-state index is 5.72. The fourth-order valence-electron chi connectivity index (χ4n) is 1.67. The van der Waals surface area contributed by atoms with Gasteiger partial charge in [0.15, 0.2) is 5.11 Å². The van der Waals surface area contributed by atoms with Gasteiger partial charge in [-0.05, 0) is 48.6 Å². The van der Waals surface area contributed by atoms with Crippen molar-refractivity contribution in [3.63, 3.8) is 0 Å². The van der Waals surface area contributed by atoms with Gasteiger partial charge in [-0.1, -0.05) is 18.2 Å². The molecule has 0 bridgehead atoms. The van der Waals surface area contributed by atoms with Crippen LogP contribution in [-0.2, 0) is 4.74 Å². The predicted octanol–water partition coefficient (Wildman–Crippen LogP) is 3.41. The van der Waals surface area contributed by atoms with Gasteiger partial charge in [-0.15, -0.1) is 0 Å². The van der Waals surface area contributed by atoms with Gasteiger partial charge in [-0.25, -0.2) is 0 Å². The number of thiocarbonyl (C=S) groups is 1. The average Bonchev–Trinajstić information content (AvgIpc) is 2.51. The maximum Gasteiger partial charge on any atom is 0.170 e. The van der Waals surface area contributed by atoms with Crippen LogP contribution in [0.4, 0.5) is 5.69 Å². The predicted molar refractivity (Wildman–Crippen MR) is 89.1 cm³/mol. The van der Waals surface area contributed by atoms with Gasteiger partial charge >= 0.3 is 0 Å². The Balaban J connectivity index is 1.85. The number of para-hydroxylation sites is 1. The largest absolute Gasteiger partial charge is 0.457 e. The van der Waals surface area contributed by atoms with Crippen molar-refractivity contribution in [1.82, 2.24) is 5.32 Å². The molecule has 0 saturated heterocycles. The zero-order valence-electron chi connectivity index (χ0n) is 11.8. The standard InChI is InChI=1S/C16H18N2O2S/c1-19-12-11-17-16(21)18-13-7-9-15(10-8-13)20-14-5-3-2-4-6-14/h2-10H,11-12H2,1H3,(H2,17,18,21). The maximum atomic E-state index is 5.72. The van der Waals surface area contributed by atoms with Gasteiger partial charge in [0.2, 0.25) is 0 Å². The molecule has 0 amide bonds. The molecule has 0 aliphatic heterocycles. The number of hydrogen-bond donors (Lipinski definition) is 2. The highest BCUT2D eigenvalue weighted by atomic mass is 32.1. The minimum atomic E-state index is 0.573. The van der Waals surface area contributed by atoms with Crippen LogP contribution < -0.4 is 15.4 Å². The van der Waals surface area contributed by atoms with Crippen molar-refractivity contribution in [3.05, 3.63) is 54.6 Å². The lowest BCUT2D eigenvalue weighted by molar-refractivity contribution is 0.204. The summed E-state index contributed by atoms with van der Waals surface area (Å²) in [6.45, 7) is 1.29. The van der Waals surface area contributed by atoms with Crippen LogP contribution in [0.25, 0.3) is 0 Å². The Hall–Kier alpha value is -2.11. The molecule has 2 rings (SSSR count). The van der Waals surface area contributed by atoms with Gasteiger partial charge < -0.3 is 20.1 Å². The van der Waals surface area contributed by atoms with Gasteiger partial charge in [-0.3, -0.25) is 0 Å². The summed E-state index contributed by atoms with van der Waals surface area (Å²) in [5, 5.41) is 6.72. The SMILES string of the molecule is COCCNC(=S)Nc1ccc(Oc2ccccc2)cc1. The number of benzene rings is 2. The Morgan fingerprint density at radius 3 is 2.33 bits per heavy atom. The molecule has 0 aromatic heterocycles. The van der Waals surface area contributed by atoms with E-state index in [4.69, 9.17) is 21.7 Å². The van der Waals surface area contributed by atoms with Crippen LogP contribution in [0.2, 0.25) is 0 Å². The lowest BCUT2D eigenvalue weighted by Gasteiger charge is -2.11. The summed E-state index contributed by atoms with van der Waals surface area (Å²) in [5.41, 5.74) is 0.908. The summed E-state index contributed by atoms with van der Waals surface area (Å²) in [6.07, 6.45) is 0. The van der Waals surface area contributed by atoms with E-state index in [1.54, 1.807) is 7.11 Å². The molecule has 2 aromatic rings. The second-order valence-electron chi connectivity index (χ2n) is 4.31. The van der Waals surface area contributed by atoms with Crippen molar-refractivity contribution in [3.8, 4) is 11.5 Å². The number of rotatable bonds is 6. The van der Waals surface area contributed by atoms with Crippen molar-refractivity contribution >= 4 is 23.0 Å². The van der Waals surface area contributed by atoms with E-state index in [-0.39, 0.29) is 0 Å². The molecule has 0 fully saturated rings. The second-order valence-corrected chi connectivity index (χ2v) is 4.72. The van der Waals surface area contributed by atoms with E-state index >= 15 is 0 Å². The third-order valence-electron chi connectivity index (χ3n) is 2.68. The monoisotopic (exact) mass is 302 g/mol. The van der Waals surface area contributed by atoms with E-state index < -0.39 is 0 Å². The Bertz CT molecular complexity index is 558. The van der Waals surface area contributed by atoms with Crippen molar-refractivity contribution in [2.75, 3.05) is 25.6 Å². The van der Waals surface area contributed by atoms with E-state index in [0.29, 0.717) is 18.3 Å². The molecule has 0 spiro atoms. The third kappa shape index (κ3) is 5.41. The summed E-state index contributed by atoms with van der Waals surface area (Å²) in [7, 11) is 1.66. The fraction of sp³-hybridized carbons (Fsp3) is 0.188. The molecule has 21 heavy (non-hydrogen) atoms. The smallest absolute Gasteiger partial charge is 0.170 e. The zero-order chi connectivity index (χ0) is 14.9. The third-order valence-corrected chi connectivity index (χ3v) is 2.93. The molecule has 4 nitrogen and oxygen atoms in total. The highest BCUT2D eigenvalue weighted by Gasteiger charge is 1.99. The van der Waals surface area contributed by atoms with Crippen molar-refractivity contribution in [1.29, 1.82) is 0 Å². The average molecular weight is 302 g/mol. The Kier molecular flexibility index (Phi) is 5.99. The molecule has 0 radical (unpaired) electrons. The van der Waals surface area contributed by atoms with E-state index in [0.717, 1.165) is 17.2 Å². The highest BCUT2D eigenvalue weighted by molar-refractivity contribution is 7.80. The quantitative estimate of drug-likeness (QED) is 0.632. The molecule has 2 aromatic carbocycles. The van der Waals surface area contributed by atoms with Crippen LogP contribution in [-0.4, -0.2) is 25.4 Å². The lowest BCUT2D eigenvalue weighted by atomic mass is 10.3. The summed E-state index contributed by atoms with van der Waals surface area (Å²) in [6, 6.07) is 17.3. The lowest BCUT2D eigenvalue weighted by Crippen LogP contribution is -2.31. The molecular formula is C16H18N2O2S. The van der Waals surface area contributed by atoms with Crippen molar-refractivity contribution < 1.29 is 9.47 Å². The molecule has 5 heteroatoms. The fourth-order valence-corrected chi connectivity index (χ4v) is 1.89. The summed E-state index contributed by atoms with van der Waals surface area (Å²) in [5.74, 6) is 1.60. The number of methoxy groups -OCH3 is 1. The Labute approximate surface area is 130 Å². The topological polar surface area (TPSA) is 42.5 Å². The summed E-state index contributed by atoms with van der Waals surface area (Å²) < 4.78 is 10.7. The summed E-state index contributed by atoms with van der Waals surface area (Å²) >= 11 is 5.18. The van der Waals surface area contributed by atoms with Crippen LogP contribution in [0.15, 0.2) is 54.6 Å². The van der Waals surface area contributed by atoms with E-state index in [2.05, 4.69) is 10.6 Å². The number of hydrogen-bond acceptors (Lipinski definition) is 3. The van der Waals surface area contributed by atoms with Crippen LogP contribution >= 0.6 is 12.2 Å². The minimum absolute atomic E-state index is 0.573. The van der Waals surface area contributed by atoms with Crippen LogP contribution in [0, 0.1) is 0 Å². The van der Waals surface area contributed by atoms with E-state index in [1.807, 2.05) is 54.6 Å². The number of ether oxygens (including phenoxy) is 2. The van der Waals surface area contributed by atoms with Gasteiger partial charge in [0, 0.05) is 19.3 Å². The van der Waals surface area contributed by atoms with E-state index in [1.165, 1.54) is 0 Å². The van der Waals surface area contributed by atoms with E-state index in [9.17, 15) is 0 Å². The first kappa shape index (κ1) is 15.3. The first-order chi connectivity index (χ1) is 10.3. The molecular weight excluding hydrogens is 284 g/mol. The zero-order valence-corrected chi connectivity index (χ0v) is 12.7. The van der Waals surface area contributed by atoms with Gasteiger partial charge in [0.25, 0.3) is 0 Å². The molecule has 0 aliphatic rings. The summed E-state index contributed by atoms with van der Waals surface area (Å²) in [4.78, 5) is 0. The van der Waals surface area contributed by atoms with Gasteiger partial charge in [0.05, 0.1) is 6.61 Å². The first-order valence-corrected chi connectivity index (χ1v) is 7.05. The second kappa shape index (κ2) is 8.24. The number of anilines is 1. The molecule has 0 unspecified atom stereocenters. The molecule has 2 N–H and O–H groups in total. The Morgan fingerprint density at radius 1 is 1.00 bits per heavy atom. The number of nitrogens with one attached hydrogen (secondary N) is 2. The molecule has 0 atom stereocenters. The van der Waals surface area contributed by atoms with Crippen molar-refractivity contribution in [2.45, 2.75) is 0 Å².